The number of nitrogens with zero attached hydrogens (tertiary/aromatic N) is 2. The Morgan fingerprint density at radius 1 is 1.22 bits per heavy atom. The lowest BCUT2D eigenvalue weighted by Gasteiger charge is -2.42. The molecule has 8 heteroatoms. The Bertz CT molecular complexity index is 822. The molecule has 1 aliphatic heterocycles. The van der Waals surface area contributed by atoms with Crippen molar-refractivity contribution in [1.29, 1.82) is 0 Å². The molecule has 1 aliphatic rings. The largest absolute Gasteiger partial charge is 0.444 e. The number of benzene rings is 1. The number of hydrogen-bond acceptors (Lipinski definition) is 5. The number of hydrogen-bond donors (Lipinski definition) is 1. The van der Waals surface area contributed by atoms with Crippen molar-refractivity contribution >= 4 is 21.8 Å². The fourth-order valence-electron chi connectivity index (χ4n) is 2.87. The molecule has 27 heavy (non-hydrogen) atoms. The maximum Gasteiger partial charge on any atom is 0.410 e. The van der Waals surface area contributed by atoms with Gasteiger partial charge in [-0.1, -0.05) is 17.7 Å². The molecule has 1 amide bonds. The van der Waals surface area contributed by atoms with E-state index < -0.39 is 21.2 Å². The number of hydrazone groups is 1. The van der Waals surface area contributed by atoms with Gasteiger partial charge in [-0.2, -0.15) is 13.5 Å². The number of amides is 1. The van der Waals surface area contributed by atoms with E-state index in [1.165, 1.54) is 0 Å². The highest BCUT2D eigenvalue weighted by Crippen LogP contribution is 2.28. The molecule has 2 rings (SSSR count). The average molecular weight is 396 g/mol. The molecular formula is C19H29N3O4S. The van der Waals surface area contributed by atoms with Crippen LogP contribution in [0.15, 0.2) is 34.3 Å². The zero-order valence-electron chi connectivity index (χ0n) is 16.9. The Kier molecular flexibility index (Phi) is 5.89. The van der Waals surface area contributed by atoms with Crippen LogP contribution in [-0.4, -0.2) is 42.8 Å². The van der Waals surface area contributed by atoms with Gasteiger partial charge in [0, 0.05) is 30.6 Å². The van der Waals surface area contributed by atoms with Crippen molar-refractivity contribution in [2.45, 2.75) is 70.4 Å². The normalized spacial score (nSPS) is 19.0. The van der Waals surface area contributed by atoms with Crippen LogP contribution in [0.1, 0.15) is 53.0 Å². The fourth-order valence-corrected chi connectivity index (χ4v) is 3.72. The summed E-state index contributed by atoms with van der Waals surface area (Å²) in [5.41, 5.74) is 0.604. The summed E-state index contributed by atoms with van der Waals surface area (Å²) in [5, 5.41) is 4.12. The van der Waals surface area contributed by atoms with Crippen LogP contribution in [0.25, 0.3) is 0 Å². The van der Waals surface area contributed by atoms with E-state index in [0.29, 0.717) is 25.1 Å². The summed E-state index contributed by atoms with van der Waals surface area (Å²) in [6.45, 7) is 11.6. The summed E-state index contributed by atoms with van der Waals surface area (Å²) in [7, 11) is -3.71. The van der Waals surface area contributed by atoms with E-state index >= 15 is 0 Å². The quantitative estimate of drug-likeness (QED) is 0.794. The van der Waals surface area contributed by atoms with E-state index in [0.717, 1.165) is 5.56 Å². The van der Waals surface area contributed by atoms with Crippen LogP contribution in [0.4, 0.5) is 4.79 Å². The van der Waals surface area contributed by atoms with Gasteiger partial charge in [-0.3, -0.25) is 0 Å². The molecule has 1 N–H and O–H groups in total. The minimum Gasteiger partial charge on any atom is -0.444 e. The Hall–Kier alpha value is -2.09. The van der Waals surface area contributed by atoms with Gasteiger partial charge in [0.1, 0.15) is 5.60 Å². The number of carbonyl (C=O) groups is 1. The smallest absolute Gasteiger partial charge is 0.410 e. The molecule has 0 spiro atoms. The number of carbonyl (C=O) groups excluding carboxylic acids is 1. The molecule has 1 saturated heterocycles. The van der Waals surface area contributed by atoms with Gasteiger partial charge in [-0.25, -0.2) is 9.63 Å². The average Bonchev–Trinajstić information content (AvgIpc) is 2.51. The summed E-state index contributed by atoms with van der Waals surface area (Å²) in [4.78, 5) is 16.6. The lowest BCUT2D eigenvalue weighted by Crippen LogP contribution is -2.54. The van der Waals surface area contributed by atoms with E-state index in [-0.39, 0.29) is 11.0 Å². The first-order valence-corrected chi connectivity index (χ1v) is 10.4. The van der Waals surface area contributed by atoms with Crippen molar-refractivity contribution in [3.05, 3.63) is 29.8 Å². The minimum absolute atomic E-state index is 0.169. The zero-order valence-corrected chi connectivity index (χ0v) is 17.7. The van der Waals surface area contributed by atoms with Crippen molar-refractivity contribution in [1.82, 2.24) is 9.73 Å². The predicted molar refractivity (Wildman–Crippen MR) is 105 cm³/mol. The van der Waals surface area contributed by atoms with E-state index in [9.17, 15) is 13.2 Å². The second-order valence-corrected chi connectivity index (χ2v) is 10.1. The summed E-state index contributed by atoms with van der Waals surface area (Å²) >= 11 is 0. The van der Waals surface area contributed by atoms with E-state index in [1.807, 2.05) is 41.5 Å². The molecule has 7 nitrogen and oxygen atoms in total. The topological polar surface area (TPSA) is 88.1 Å². The maximum absolute atomic E-state index is 12.4. The van der Waals surface area contributed by atoms with Gasteiger partial charge in [0.05, 0.1) is 4.90 Å². The number of likely N-dealkylation sites (tertiary alicyclic amines) is 1. The van der Waals surface area contributed by atoms with Crippen LogP contribution in [-0.2, 0) is 14.8 Å². The second kappa shape index (κ2) is 7.50. The highest BCUT2D eigenvalue weighted by Gasteiger charge is 2.38. The third-order valence-electron chi connectivity index (χ3n) is 4.26. The monoisotopic (exact) mass is 395 g/mol. The van der Waals surface area contributed by atoms with E-state index in [2.05, 4.69) is 9.93 Å². The first-order valence-electron chi connectivity index (χ1n) is 8.95. The molecule has 0 radical (unpaired) electrons. The highest BCUT2D eigenvalue weighted by molar-refractivity contribution is 7.89. The van der Waals surface area contributed by atoms with Crippen molar-refractivity contribution in [2.75, 3.05) is 6.54 Å². The van der Waals surface area contributed by atoms with E-state index in [4.69, 9.17) is 4.74 Å². The van der Waals surface area contributed by atoms with Crippen LogP contribution in [0.5, 0.6) is 0 Å². The van der Waals surface area contributed by atoms with Crippen LogP contribution < -0.4 is 4.83 Å². The molecule has 0 atom stereocenters. The molecule has 150 valence electrons. The second-order valence-electron chi connectivity index (χ2n) is 8.46. The number of piperidine rings is 1. The predicted octanol–water partition coefficient (Wildman–Crippen LogP) is 3.44. The van der Waals surface area contributed by atoms with Crippen LogP contribution >= 0.6 is 0 Å². The van der Waals surface area contributed by atoms with Crippen molar-refractivity contribution in [3.8, 4) is 0 Å². The lowest BCUT2D eigenvalue weighted by molar-refractivity contribution is 0.00243. The molecular weight excluding hydrogens is 366 g/mol. The summed E-state index contributed by atoms with van der Waals surface area (Å²) in [6, 6.07) is 6.58. The van der Waals surface area contributed by atoms with Crippen molar-refractivity contribution in [2.24, 2.45) is 5.10 Å². The number of sulfonamides is 1. The molecule has 1 aromatic carbocycles. The van der Waals surface area contributed by atoms with Gasteiger partial charge in [-0.15, -0.1) is 0 Å². The van der Waals surface area contributed by atoms with Gasteiger partial charge in [0.25, 0.3) is 10.0 Å². The number of rotatable bonds is 3. The van der Waals surface area contributed by atoms with Gasteiger partial charge >= 0.3 is 6.09 Å². The van der Waals surface area contributed by atoms with E-state index in [1.54, 1.807) is 29.2 Å². The van der Waals surface area contributed by atoms with Gasteiger partial charge in [-0.05, 0) is 53.7 Å². The number of nitrogens with one attached hydrogen (secondary N) is 1. The number of ether oxygens (including phenoxy) is 1. The third kappa shape index (κ3) is 5.69. The molecule has 1 heterocycles. The zero-order chi connectivity index (χ0) is 20.5. The molecule has 0 saturated carbocycles. The lowest BCUT2D eigenvalue weighted by atomic mass is 9.89. The third-order valence-corrected chi connectivity index (χ3v) is 5.48. The SMILES string of the molecule is Cc1ccc(S(=O)(=O)NN=C2CCN(C(=O)OC(C)(C)C)C(C)(C)C2)cc1. The van der Waals surface area contributed by atoms with Crippen LogP contribution in [0.3, 0.4) is 0 Å². The minimum atomic E-state index is -3.71. The maximum atomic E-state index is 12.4. The molecule has 0 unspecified atom stereocenters. The van der Waals surface area contributed by atoms with Crippen LogP contribution in [0.2, 0.25) is 0 Å². The Morgan fingerprint density at radius 2 is 1.81 bits per heavy atom. The fraction of sp³-hybridized carbons (Fsp3) is 0.579. The molecule has 1 fully saturated rings. The Morgan fingerprint density at radius 3 is 2.33 bits per heavy atom. The van der Waals surface area contributed by atoms with Gasteiger partial charge in [0.2, 0.25) is 0 Å². The standard InChI is InChI=1S/C19H29N3O4S/c1-14-7-9-16(10-8-14)27(24,25)21-20-15-11-12-22(19(5,6)13-15)17(23)26-18(2,3)4/h7-10,21H,11-13H2,1-6H3. The van der Waals surface area contributed by atoms with Crippen molar-refractivity contribution < 1.29 is 17.9 Å². The molecule has 0 aliphatic carbocycles. The first kappa shape index (κ1) is 21.2. The number of aryl methyl sites for hydroxylation is 1. The Labute approximate surface area is 161 Å². The summed E-state index contributed by atoms with van der Waals surface area (Å²) < 4.78 is 30.2. The molecule has 0 bridgehead atoms. The van der Waals surface area contributed by atoms with Gasteiger partial charge < -0.3 is 9.64 Å². The highest BCUT2D eigenvalue weighted by atomic mass is 32.2. The van der Waals surface area contributed by atoms with Crippen LogP contribution in [0, 0.1) is 6.92 Å². The summed E-state index contributed by atoms with van der Waals surface area (Å²) in [5.74, 6) is 0. The molecule has 0 aromatic heterocycles. The molecule has 1 aromatic rings. The van der Waals surface area contributed by atoms with Gasteiger partial charge in [0.15, 0.2) is 0 Å². The van der Waals surface area contributed by atoms with Crippen molar-refractivity contribution in [3.63, 3.8) is 0 Å². The summed E-state index contributed by atoms with van der Waals surface area (Å²) in [6.07, 6.45) is 0.577. The first-order chi connectivity index (χ1) is 12.3. The Balaban J connectivity index is 2.08.